The predicted octanol–water partition coefficient (Wildman–Crippen LogP) is 5.29. The summed E-state index contributed by atoms with van der Waals surface area (Å²) in [5.41, 5.74) is 7.43. The summed E-state index contributed by atoms with van der Waals surface area (Å²) in [4.78, 5) is 12.4. The Morgan fingerprint density at radius 2 is 1.35 bits per heavy atom. The summed E-state index contributed by atoms with van der Waals surface area (Å²) in [6, 6.07) is 27.6. The second kappa shape index (κ2) is 8.77. The number of rotatable bonds is 6. The molecule has 0 saturated carbocycles. The quantitative estimate of drug-likeness (QED) is 0.480. The number of nitrogens with one attached hydrogen (secondary N) is 1. The summed E-state index contributed by atoms with van der Waals surface area (Å²) in [7, 11) is 0. The van der Waals surface area contributed by atoms with Crippen LogP contribution in [0.15, 0.2) is 90.0 Å². The summed E-state index contributed by atoms with van der Waals surface area (Å²) >= 11 is 0. The topological polar surface area (TPSA) is 41.5 Å². The molecule has 0 atom stereocenters. The minimum atomic E-state index is -0.200. The fourth-order valence-electron chi connectivity index (χ4n) is 2.76. The number of amides is 1. The van der Waals surface area contributed by atoms with Crippen LogP contribution in [0.1, 0.15) is 35.7 Å². The standard InChI is InChI=1S/C23H22N2O/c1-2-9-22(20-12-7-4-8-13-20)24-25-23(26)21-16-14-19(15-17-21)18-10-5-3-6-11-18/h3-8,10-17H,2,9H2,1H3,(H,25,26)/b24-22+. The molecule has 3 rings (SSSR count). The van der Waals surface area contributed by atoms with Gasteiger partial charge in [0.15, 0.2) is 0 Å². The number of hydrazone groups is 1. The van der Waals surface area contributed by atoms with E-state index in [0.29, 0.717) is 5.56 Å². The molecule has 1 amide bonds. The van der Waals surface area contributed by atoms with Crippen LogP contribution in [0, 0.1) is 0 Å². The molecule has 3 heteroatoms. The average Bonchev–Trinajstić information content (AvgIpc) is 2.72. The van der Waals surface area contributed by atoms with Gasteiger partial charge in [0, 0.05) is 5.56 Å². The molecule has 0 aliphatic heterocycles. The maximum atomic E-state index is 12.4. The van der Waals surface area contributed by atoms with Crippen molar-refractivity contribution in [2.24, 2.45) is 5.10 Å². The molecule has 0 unspecified atom stereocenters. The zero-order chi connectivity index (χ0) is 18.2. The first-order chi connectivity index (χ1) is 12.8. The molecule has 0 aliphatic carbocycles. The summed E-state index contributed by atoms with van der Waals surface area (Å²) in [6.45, 7) is 2.10. The molecule has 0 radical (unpaired) electrons. The van der Waals surface area contributed by atoms with Crippen LogP contribution in [-0.4, -0.2) is 11.6 Å². The lowest BCUT2D eigenvalue weighted by atomic mass is 10.0. The molecular weight excluding hydrogens is 320 g/mol. The van der Waals surface area contributed by atoms with Crippen LogP contribution in [-0.2, 0) is 0 Å². The largest absolute Gasteiger partial charge is 0.271 e. The summed E-state index contributed by atoms with van der Waals surface area (Å²) < 4.78 is 0. The van der Waals surface area contributed by atoms with E-state index in [9.17, 15) is 4.79 Å². The molecule has 3 aromatic rings. The highest BCUT2D eigenvalue weighted by atomic mass is 16.2. The van der Waals surface area contributed by atoms with Crippen LogP contribution < -0.4 is 5.43 Å². The highest BCUT2D eigenvalue weighted by Gasteiger charge is 2.07. The fraction of sp³-hybridized carbons (Fsp3) is 0.130. The monoisotopic (exact) mass is 342 g/mol. The van der Waals surface area contributed by atoms with Gasteiger partial charge < -0.3 is 0 Å². The number of carbonyl (C=O) groups excluding carboxylic acids is 1. The fourth-order valence-corrected chi connectivity index (χ4v) is 2.76. The van der Waals surface area contributed by atoms with Gasteiger partial charge in [0.25, 0.3) is 5.91 Å². The molecule has 130 valence electrons. The number of carbonyl (C=O) groups is 1. The van der Waals surface area contributed by atoms with Crippen molar-refractivity contribution in [3.8, 4) is 11.1 Å². The third-order valence-corrected chi connectivity index (χ3v) is 4.14. The van der Waals surface area contributed by atoms with E-state index in [0.717, 1.165) is 35.2 Å². The predicted molar refractivity (Wildman–Crippen MR) is 107 cm³/mol. The highest BCUT2D eigenvalue weighted by molar-refractivity contribution is 6.02. The SMILES string of the molecule is CCC/C(=N\NC(=O)c1ccc(-c2ccccc2)cc1)c1ccccc1. The van der Waals surface area contributed by atoms with Gasteiger partial charge in [-0.2, -0.15) is 5.10 Å². The van der Waals surface area contributed by atoms with Gasteiger partial charge in [0.1, 0.15) is 0 Å². The van der Waals surface area contributed by atoms with Crippen molar-refractivity contribution >= 4 is 11.6 Å². The molecule has 0 fully saturated rings. The number of benzene rings is 3. The van der Waals surface area contributed by atoms with Gasteiger partial charge in [0.05, 0.1) is 5.71 Å². The van der Waals surface area contributed by atoms with E-state index in [1.165, 1.54) is 0 Å². The second-order valence-corrected chi connectivity index (χ2v) is 6.06. The Labute approximate surface area is 154 Å². The van der Waals surface area contributed by atoms with E-state index >= 15 is 0 Å². The van der Waals surface area contributed by atoms with Crippen molar-refractivity contribution in [1.29, 1.82) is 0 Å². The van der Waals surface area contributed by atoms with Crippen molar-refractivity contribution in [3.63, 3.8) is 0 Å². The van der Waals surface area contributed by atoms with E-state index in [1.807, 2.05) is 72.8 Å². The van der Waals surface area contributed by atoms with Gasteiger partial charge in [-0.25, -0.2) is 5.43 Å². The van der Waals surface area contributed by atoms with Gasteiger partial charge in [-0.15, -0.1) is 0 Å². The molecule has 0 aliphatic rings. The molecule has 0 bridgehead atoms. The molecule has 3 nitrogen and oxygen atoms in total. The third-order valence-electron chi connectivity index (χ3n) is 4.14. The Hall–Kier alpha value is -3.20. The van der Waals surface area contributed by atoms with Crippen LogP contribution in [0.5, 0.6) is 0 Å². The van der Waals surface area contributed by atoms with E-state index in [2.05, 4.69) is 29.6 Å². The Kier molecular flexibility index (Phi) is 5.94. The van der Waals surface area contributed by atoms with Crippen molar-refractivity contribution in [2.75, 3.05) is 0 Å². The number of hydrogen-bond donors (Lipinski definition) is 1. The van der Waals surface area contributed by atoms with Gasteiger partial charge in [-0.3, -0.25) is 4.79 Å². The molecule has 0 heterocycles. The highest BCUT2D eigenvalue weighted by Crippen LogP contribution is 2.19. The maximum Gasteiger partial charge on any atom is 0.271 e. The average molecular weight is 342 g/mol. The lowest BCUT2D eigenvalue weighted by Gasteiger charge is -2.07. The lowest BCUT2D eigenvalue weighted by molar-refractivity contribution is 0.0955. The Bertz CT molecular complexity index is 869. The zero-order valence-electron chi connectivity index (χ0n) is 14.9. The van der Waals surface area contributed by atoms with Gasteiger partial charge in [-0.1, -0.05) is 86.1 Å². The number of nitrogens with zero attached hydrogens (tertiary/aromatic N) is 1. The molecule has 0 saturated heterocycles. The minimum Gasteiger partial charge on any atom is -0.267 e. The lowest BCUT2D eigenvalue weighted by Crippen LogP contribution is -2.20. The van der Waals surface area contributed by atoms with Crippen LogP contribution in [0.2, 0.25) is 0 Å². The van der Waals surface area contributed by atoms with Crippen LogP contribution >= 0.6 is 0 Å². The molecule has 3 aromatic carbocycles. The third kappa shape index (κ3) is 4.45. The molecule has 0 spiro atoms. The Balaban J connectivity index is 1.73. The summed E-state index contributed by atoms with van der Waals surface area (Å²) in [6.07, 6.45) is 1.78. The first kappa shape index (κ1) is 17.6. The number of hydrogen-bond acceptors (Lipinski definition) is 2. The van der Waals surface area contributed by atoms with Crippen LogP contribution in [0.3, 0.4) is 0 Å². The van der Waals surface area contributed by atoms with Crippen molar-refractivity contribution in [3.05, 3.63) is 96.1 Å². The van der Waals surface area contributed by atoms with Crippen LogP contribution in [0.4, 0.5) is 0 Å². The summed E-state index contributed by atoms with van der Waals surface area (Å²) in [5, 5.41) is 4.36. The first-order valence-electron chi connectivity index (χ1n) is 8.85. The van der Waals surface area contributed by atoms with E-state index in [4.69, 9.17) is 0 Å². The smallest absolute Gasteiger partial charge is 0.267 e. The normalized spacial score (nSPS) is 11.2. The van der Waals surface area contributed by atoms with Crippen molar-refractivity contribution < 1.29 is 4.79 Å². The Morgan fingerprint density at radius 3 is 1.96 bits per heavy atom. The van der Waals surface area contributed by atoms with Crippen molar-refractivity contribution in [1.82, 2.24) is 5.43 Å². The van der Waals surface area contributed by atoms with Gasteiger partial charge >= 0.3 is 0 Å². The maximum absolute atomic E-state index is 12.4. The van der Waals surface area contributed by atoms with E-state index in [-0.39, 0.29) is 5.91 Å². The first-order valence-corrected chi connectivity index (χ1v) is 8.85. The minimum absolute atomic E-state index is 0.200. The second-order valence-electron chi connectivity index (χ2n) is 6.06. The summed E-state index contributed by atoms with van der Waals surface area (Å²) in [5.74, 6) is -0.200. The molecular formula is C23H22N2O. The van der Waals surface area contributed by atoms with Gasteiger partial charge in [-0.05, 0) is 35.2 Å². The van der Waals surface area contributed by atoms with E-state index in [1.54, 1.807) is 0 Å². The van der Waals surface area contributed by atoms with Crippen molar-refractivity contribution in [2.45, 2.75) is 19.8 Å². The van der Waals surface area contributed by atoms with Gasteiger partial charge in [0.2, 0.25) is 0 Å². The zero-order valence-corrected chi connectivity index (χ0v) is 14.9. The molecule has 1 N–H and O–H groups in total. The van der Waals surface area contributed by atoms with Crippen LogP contribution in [0.25, 0.3) is 11.1 Å². The van der Waals surface area contributed by atoms with E-state index < -0.39 is 0 Å². The Morgan fingerprint density at radius 1 is 0.769 bits per heavy atom. The molecule has 26 heavy (non-hydrogen) atoms. The molecule has 0 aromatic heterocycles.